The van der Waals surface area contributed by atoms with Crippen LogP contribution in [0.15, 0.2) is 78.9 Å². The largest absolute Gasteiger partial charge is 0.489 e. The number of rotatable bonds is 9. The molecule has 1 saturated heterocycles. The van der Waals surface area contributed by atoms with Gasteiger partial charge in [-0.1, -0.05) is 73.7 Å². The van der Waals surface area contributed by atoms with Crippen LogP contribution in [0, 0.1) is 5.92 Å². The lowest BCUT2D eigenvalue weighted by atomic mass is 9.87. The predicted molar refractivity (Wildman–Crippen MR) is 135 cm³/mol. The van der Waals surface area contributed by atoms with Crippen molar-refractivity contribution in [2.24, 2.45) is 5.92 Å². The zero-order valence-corrected chi connectivity index (χ0v) is 20.0. The second kappa shape index (κ2) is 11.5. The lowest BCUT2D eigenvalue weighted by Crippen LogP contribution is -2.43. The highest BCUT2D eigenvalue weighted by Gasteiger charge is 2.27. The molecule has 3 nitrogen and oxygen atoms in total. The summed E-state index contributed by atoms with van der Waals surface area (Å²) in [6.45, 7) is 7.05. The van der Waals surface area contributed by atoms with Gasteiger partial charge in [0.15, 0.2) is 0 Å². The summed E-state index contributed by atoms with van der Waals surface area (Å²) in [5.41, 5.74) is 5.10. The summed E-state index contributed by atoms with van der Waals surface area (Å²) >= 11 is 0. The Kier molecular flexibility index (Phi) is 8.20. The Morgan fingerprint density at radius 1 is 0.879 bits per heavy atom. The molecule has 3 heteroatoms. The number of ether oxygens (including phenoxy) is 1. The van der Waals surface area contributed by atoms with Crippen molar-refractivity contribution in [1.82, 2.24) is 4.90 Å². The molecule has 2 atom stereocenters. The third-order valence-corrected chi connectivity index (χ3v) is 7.16. The minimum absolute atomic E-state index is 0.102. The molecule has 0 aliphatic carbocycles. The van der Waals surface area contributed by atoms with Gasteiger partial charge in [-0.3, -0.25) is 4.90 Å². The van der Waals surface area contributed by atoms with Crippen LogP contribution in [0.5, 0.6) is 5.75 Å². The zero-order valence-electron chi connectivity index (χ0n) is 20.0. The van der Waals surface area contributed by atoms with E-state index < -0.39 is 6.10 Å². The van der Waals surface area contributed by atoms with Crippen LogP contribution < -0.4 is 4.74 Å². The highest BCUT2D eigenvalue weighted by Crippen LogP contribution is 2.29. The van der Waals surface area contributed by atoms with Crippen LogP contribution in [-0.2, 0) is 19.4 Å². The predicted octanol–water partition coefficient (Wildman–Crippen LogP) is 6.20. The number of benzene rings is 3. The first-order valence-corrected chi connectivity index (χ1v) is 12.4. The van der Waals surface area contributed by atoms with E-state index in [0.29, 0.717) is 6.61 Å². The van der Waals surface area contributed by atoms with E-state index in [0.717, 1.165) is 42.3 Å². The third-order valence-electron chi connectivity index (χ3n) is 7.16. The fourth-order valence-electron chi connectivity index (χ4n) is 4.96. The summed E-state index contributed by atoms with van der Waals surface area (Å²) in [6.07, 6.45) is 4.18. The SMILES string of the molecule is CCc1ccccc1CC1CCN(C(C)C(O)c2ccc(OCc3ccccc3)cc2)CC1. The molecular weight excluding hydrogens is 406 g/mol. The number of nitrogens with zero attached hydrogens (tertiary/aromatic N) is 1. The summed E-state index contributed by atoms with van der Waals surface area (Å²) in [5, 5.41) is 11.0. The maximum absolute atomic E-state index is 11.0. The van der Waals surface area contributed by atoms with Crippen molar-refractivity contribution in [3.63, 3.8) is 0 Å². The maximum Gasteiger partial charge on any atom is 0.119 e. The van der Waals surface area contributed by atoms with Gasteiger partial charge in [-0.05, 0) is 86.0 Å². The molecule has 1 fully saturated rings. The van der Waals surface area contributed by atoms with Gasteiger partial charge in [0.2, 0.25) is 0 Å². The molecule has 0 aromatic heterocycles. The Morgan fingerprint density at radius 3 is 2.18 bits per heavy atom. The molecule has 2 unspecified atom stereocenters. The molecule has 1 N–H and O–H groups in total. The van der Waals surface area contributed by atoms with Gasteiger partial charge in [0.25, 0.3) is 0 Å². The van der Waals surface area contributed by atoms with Gasteiger partial charge in [0, 0.05) is 6.04 Å². The molecule has 1 aliphatic heterocycles. The van der Waals surface area contributed by atoms with Crippen molar-refractivity contribution in [2.45, 2.75) is 58.3 Å². The van der Waals surface area contributed by atoms with Crippen molar-refractivity contribution in [3.8, 4) is 5.75 Å². The number of aliphatic hydroxyl groups is 1. The Morgan fingerprint density at radius 2 is 1.52 bits per heavy atom. The van der Waals surface area contributed by atoms with Crippen molar-refractivity contribution < 1.29 is 9.84 Å². The minimum atomic E-state index is -0.495. The Hall–Kier alpha value is -2.62. The van der Waals surface area contributed by atoms with E-state index in [4.69, 9.17) is 4.74 Å². The van der Waals surface area contributed by atoms with E-state index in [1.54, 1.807) is 0 Å². The number of aliphatic hydroxyl groups excluding tert-OH is 1. The first-order chi connectivity index (χ1) is 16.1. The average molecular weight is 444 g/mol. The van der Waals surface area contributed by atoms with Crippen molar-refractivity contribution >= 4 is 0 Å². The van der Waals surface area contributed by atoms with E-state index in [1.165, 1.54) is 30.4 Å². The van der Waals surface area contributed by atoms with Crippen LogP contribution in [-0.4, -0.2) is 29.1 Å². The highest BCUT2D eigenvalue weighted by molar-refractivity contribution is 5.30. The average Bonchev–Trinajstić information content (AvgIpc) is 2.88. The highest BCUT2D eigenvalue weighted by atomic mass is 16.5. The van der Waals surface area contributed by atoms with Crippen molar-refractivity contribution in [1.29, 1.82) is 0 Å². The molecule has 1 heterocycles. The van der Waals surface area contributed by atoms with Crippen LogP contribution in [0.1, 0.15) is 55.0 Å². The van der Waals surface area contributed by atoms with E-state index in [2.05, 4.69) is 55.1 Å². The maximum atomic E-state index is 11.0. The fourth-order valence-corrected chi connectivity index (χ4v) is 4.96. The van der Waals surface area contributed by atoms with Gasteiger partial charge in [-0.2, -0.15) is 0 Å². The van der Waals surface area contributed by atoms with Gasteiger partial charge in [0.1, 0.15) is 12.4 Å². The van der Waals surface area contributed by atoms with Gasteiger partial charge < -0.3 is 9.84 Å². The minimum Gasteiger partial charge on any atom is -0.489 e. The molecule has 0 saturated carbocycles. The molecule has 1 aliphatic rings. The fraction of sp³-hybridized carbons (Fsp3) is 0.400. The van der Waals surface area contributed by atoms with Gasteiger partial charge in [-0.25, -0.2) is 0 Å². The molecule has 0 spiro atoms. The van der Waals surface area contributed by atoms with Crippen molar-refractivity contribution in [3.05, 3.63) is 101 Å². The Labute approximate surface area is 199 Å². The first-order valence-electron chi connectivity index (χ1n) is 12.4. The van der Waals surface area contributed by atoms with Gasteiger partial charge >= 0.3 is 0 Å². The Bertz CT molecular complexity index is 978. The number of likely N-dealkylation sites (tertiary alicyclic amines) is 1. The molecule has 3 aromatic carbocycles. The van der Waals surface area contributed by atoms with E-state index in [1.807, 2.05) is 42.5 Å². The standard InChI is InChI=1S/C30H37NO2/c1-3-26-11-7-8-12-28(26)21-24-17-19-31(20-18-24)23(2)30(32)27-13-15-29(16-14-27)33-22-25-9-5-4-6-10-25/h4-16,23-24,30,32H,3,17-22H2,1-2H3. The second-order valence-corrected chi connectivity index (χ2v) is 9.33. The first kappa shape index (κ1) is 23.5. The van der Waals surface area contributed by atoms with Gasteiger partial charge in [-0.15, -0.1) is 0 Å². The Balaban J connectivity index is 1.27. The van der Waals surface area contributed by atoms with E-state index in [9.17, 15) is 5.11 Å². The molecule has 3 aromatic rings. The van der Waals surface area contributed by atoms with Crippen molar-refractivity contribution in [2.75, 3.05) is 13.1 Å². The van der Waals surface area contributed by atoms with Crippen LogP contribution in [0.2, 0.25) is 0 Å². The number of hydrogen-bond donors (Lipinski definition) is 1. The zero-order chi connectivity index (χ0) is 23.0. The van der Waals surface area contributed by atoms with Crippen LogP contribution in [0.4, 0.5) is 0 Å². The summed E-state index contributed by atoms with van der Waals surface area (Å²) in [6, 6.07) is 27.1. The normalized spacial score (nSPS) is 16.9. The third kappa shape index (κ3) is 6.25. The molecular formula is C30H37NO2. The molecule has 33 heavy (non-hydrogen) atoms. The van der Waals surface area contributed by atoms with Crippen LogP contribution in [0.3, 0.4) is 0 Å². The summed E-state index contributed by atoms with van der Waals surface area (Å²) in [7, 11) is 0. The molecule has 174 valence electrons. The lowest BCUT2D eigenvalue weighted by molar-refractivity contribution is 0.0373. The smallest absolute Gasteiger partial charge is 0.119 e. The van der Waals surface area contributed by atoms with Crippen LogP contribution >= 0.6 is 0 Å². The number of piperidine rings is 1. The topological polar surface area (TPSA) is 32.7 Å². The van der Waals surface area contributed by atoms with E-state index in [-0.39, 0.29) is 6.04 Å². The second-order valence-electron chi connectivity index (χ2n) is 9.33. The summed E-state index contributed by atoms with van der Waals surface area (Å²) in [4.78, 5) is 2.45. The number of hydrogen-bond acceptors (Lipinski definition) is 3. The molecule has 0 bridgehead atoms. The lowest BCUT2D eigenvalue weighted by Gasteiger charge is -2.38. The monoisotopic (exact) mass is 443 g/mol. The van der Waals surface area contributed by atoms with Crippen LogP contribution in [0.25, 0.3) is 0 Å². The van der Waals surface area contributed by atoms with Gasteiger partial charge in [0.05, 0.1) is 6.10 Å². The quantitative estimate of drug-likeness (QED) is 0.427. The number of aryl methyl sites for hydroxylation is 1. The van der Waals surface area contributed by atoms with E-state index >= 15 is 0 Å². The molecule has 0 amide bonds. The molecule has 4 rings (SSSR count). The summed E-state index contributed by atoms with van der Waals surface area (Å²) in [5.74, 6) is 1.56. The molecule has 0 radical (unpaired) electrons. The summed E-state index contributed by atoms with van der Waals surface area (Å²) < 4.78 is 5.89.